The molecule has 0 aromatic carbocycles. The van der Waals surface area contributed by atoms with E-state index >= 15 is 0 Å². The third-order valence-corrected chi connectivity index (χ3v) is 5.63. The lowest BCUT2D eigenvalue weighted by Crippen LogP contribution is -2.46. The van der Waals surface area contributed by atoms with Gasteiger partial charge in [-0.1, -0.05) is 23.8 Å². The maximum Gasteiger partial charge on any atom is 0.272 e. The van der Waals surface area contributed by atoms with Crippen LogP contribution in [0.2, 0.25) is 0 Å². The number of nitrogens with zero attached hydrogens (tertiary/aromatic N) is 2. The van der Waals surface area contributed by atoms with E-state index in [2.05, 4.69) is 21.6 Å². The molecule has 24 heavy (non-hydrogen) atoms. The Kier molecular flexibility index (Phi) is 5.31. The van der Waals surface area contributed by atoms with Crippen molar-refractivity contribution in [3.63, 3.8) is 0 Å². The fraction of sp³-hybridized carbons (Fsp3) is 0.500. The molecule has 1 unspecified atom stereocenters. The molecule has 0 saturated heterocycles. The molecule has 1 amide bonds. The third kappa shape index (κ3) is 3.68. The zero-order valence-electron chi connectivity index (χ0n) is 13.6. The number of halogens is 1. The monoisotopic (exact) mass is 346 g/mol. The van der Waals surface area contributed by atoms with Gasteiger partial charge in [0.25, 0.3) is 5.91 Å². The van der Waals surface area contributed by atoms with Gasteiger partial charge < -0.3 is 11.1 Å². The molecule has 0 spiro atoms. The van der Waals surface area contributed by atoms with Gasteiger partial charge in [0.15, 0.2) is 5.69 Å². The van der Waals surface area contributed by atoms with E-state index in [4.69, 9.17) is 17.3 Å². The minimum Gasteiger partial charge on any atom is -0.348 e. The van der Waals surface area contributed by atoms with Crippen molar-refractivity contribution in [2.24, 2.45) is 17.1 Å². The molecule has 6 heteroatoms. The molecule has 2 aliphatic rings. The van der Waals surface area contributed by atoms with Gasteiger partial charge in [-0.2, -0.15) is 5.10 Å². The van der Waals surface area contributed by atoms with E-state index in [0.717, 1.165) is 37.1 Å². The maximum absolute atomic E-state index is 12.2. The highest BCUT2D eigenvalue weighted by molar-refractivity contribution is 6.29. The first-order valence-electron chi connectivity index (χ1n) is 8.44. The van der Waals surface area contributed by atoms with Crippen molar-refractivity contribution in [3.05, 3.63) is 47.3 Å². The SMILES string of the molecule is NC[C@]1(C2C=CC=C(Cl)C2)CC[C@H](NC(=O)c2cccnn2)CC1. The number of hydrogen-bond donors (Lipinski definition) is 2. The Bertz CT molecular complexity index is 636. The van der Waals surface area contributed by atoms with Crippen LogP contribution >= 0.6 is 11.6 Å². The van der Waals surface area contributed by atoms with Crippen molar-refractivity contribution in [2.45, 2.75) is 38.1 Å². The van der Waals surface area contributed by atoms with Crippen molar-refractivity contribution in [1.29, 1.82) is 0 Å². The minimum atomic E-state index is -0.156. The first-order chi connectivity index (χ1) is 11.6. The van der Waals surface area contributed by atoms with Crippen molar-refractivity contribution < 1.29 is 4.79 Å². The van der Waals surface area contributed by atoms with E-state index in [9.17, 15) is 4.79 Å². The van der Waals surface area contributed by atoms with Crippen LogP contribution in [0.5, 0.6) is 0 Å². The zero-order valence-corrected chi connectivity index (χ0v) is 14.4. The number of rotatable bonds is 4. The molecule has 1 aromatic rings. The van der Waals surface area contributed by atoms with E-state index in [1.807, 2.05) is 12.2 Å². The summed E-state index contributed by atoms with van der Waals surface area (Å²) >= 11 is 6.21. The molecule has 3 N–H and O–H groups in total. The van der Waals surface area contributed by atoms with Gasteiger partial charge in [-0.25, -0.2) is 0 Å². The number of aromatic nitrogens is 2. The van der Waals surface area contributed by atoms with Gasteiger partial charge in [0.2, 0.25) is 0 Å². The van der Waals surface area contributed by atoms with Crippen molar-refractivity contribution in [1.82, 2.24) is 15.5 Å². The zero-order chi connectivity index (χ0) is 17.0. The minimum absolute atomic E-state index is 0.0820. The number of nitrogens with two attached hydrogens (primary N) is 1. The van der Waals surface area contributed by atoms with Crippen molar-refractivity contribution >= 4 is 17.5 Å². The lowest BCUT2D eigenvalue weighted by molar-refractivity contribution is 0.0848. The predicted molar refractivity (Wildman–Crippen MR) is 94.4 cm³/mol. The largest absolute Gasteiger partial charge is 0.348 e. The quantitative estimate of drug-likeness (QED) is 0.878. The number of carbonyl (C=O) groups is 1. The summed E-state index contributed by atoms with van der Waals surface area (Å²) in [7, 11) is 0. The summed E-state index contributed by atoms with van der Waals surface area (Å²) in [5, 5.41) is 11.6. The summed E-state index contributed by atoms with van der Waals surface area (Å²) in [6.07, 6.45) is 12.5. The summed E-state index contributed by atoms with van der Waals surface area (Å²) in [5.41, 5.74) is 6.59. The molecule has 1 atom stereocenters. The lowest BCUT2D eigenvalue weighted by atomic mass is 9.63. The first kappa shape index (κ1) is 17.1. The highest BCUT2D eigenvalue weighted by Crippen LogP contribution is 2.46. The van der Waals surface area contributed by atoms with Gasteiger partial charge in [-0.3, -0.25) is 4.79 Å². The van der Waals surface area contributed by atoms with Crippen LogP contribution in [0.3, 0.4) is 0 Å². The standard InChI is InChI=1S/C18H23ClN4O/c19-14-4-1-3-13(11-14)18(12-20)8-6-15(7-9-18)22-17(24)16-5-2-10-21-23-16/h1-5,10,13,15H,6-9,11-12,20H2,(H,22,24)/t13?,15-,18-. The molecule has 1 fully saturated rings. The van der Waals surface area contributed by atoms with Crippen LogP contribution < -0.4 is 11.1 Å². The van der Waals surface area contributed by atoms with Crippen LogP contribution in [0.1, 0.15) is 42.6 Å². The Morgan fingerprint density at radius 1 is 1.42 bits per heavy atom. The Hall–Kier alpha value is -1.72. The average Bonchev–Trinajstić information content (AvgIpc) is 2.63. The lowest BCUT2D eigenvalue weighted by Gasteiger charge is -2.44. The van der Waals surface area contributed by atoms with Crippen LogP contribution in [0, 0.1) is 11.3 Å². The van der Waals surface area contributed by atoms with Gasteiger partial charge in [0.05, 0.1) is 0 Å². The number of carbonyl (C=O) groups excluding carboxylic acids is 1. The Morgan fingerprint density at radius 3 is 2.83 bits per heavy atom. The van der Waals surface area contributed by atoms with E-state index in [1.54, 1.807) is 18.3 Å². The van der Waals surface area contributed by atoms with Gasteiger partial charge in [0.1, 0.15) is 0 Å². The fourth-order valence-corrected chi connectivity index (χ4v) is 4.05. The first-order valence-corrected chi connectivity index (χ1v) is 8.82. The van der Waals surface area contributed by atoms with Gasteiger partial charge in [-0.05, 0) is 68.2 Å². The summed E-state index contributed by atoms with van der Waals surface area (Å²) < 4.78 is 0. The summed E-state index contributed by atoms with van der Waals surface area (Å²) in [5.74, 6) is 0.230. The molecule has 2 aliphatic carbocycles. The fourth-order valence-electron chi connectivity index (χ4n) is 3.81. The van der Waals surface area contributed by atoms with Crippen molar-refractivity contribution in [3.8, 4) is 0 Å². The maximum atomic E-state index is 12.2. The highest BCUT2D eigenvalue weighted by atomic mass is 35.5. The molecular formula is C18H23ClN4O. The smallest absolute Gasteiger partial charge is 0.272 e. The number of amides is 1. The second-order valence-electron chi connectivity index (χ2n) is 6.73. The van der Waals surface area contributed by atoms with Crippen LogP contribution in [0.25, 0.3) is 0 Å². The van der Waals surface area contributed by atoms with Crippen LogP contribution in [0.15, 0.2) is 41.6 Å². The van der Waals surface area contributed by atoms with E-state index in [-0.39, 0.29) is 17.4 Å². The van der Waals surface area contributed by atoms with Crippen molar-refractivity contribution in [2.75, 3.05) is 6.54 Å². The third-order valence-electron chi connectivity index (χ3n) is 5.35. The topological polar surface area (TPSA) is 80.9 Å². The molecular weight excluding hydrogens is 324 g/mol. The number of allylic oxidation sites excluding steroid dienone is 4. The molecule has 0 aliphatic heterocycles. The molecule has 1 saturated carbocycles. The molecule has 1 aromatic heterocycles. The predicted octanol–water partition coefficient (Wildman–Crippen LogP) is 2.79. The Morgan fingerprint density at radius 2 is 2.21 bits per heavy atom. The number of hydrogen-bond acceptors (Lipinski definition) is 4. The summed E-state index contributed by atoms with van der Waals surface area (Å²) in [6, 6.07) is 3.56. The van der Waals surface area contributed by atoms with Crippen LogP contribution in [-0.2, 0) is 0 Å². The Balaban J connectivity index is 1.59. The molecule has 5 nitrogen and oxygen atoms in total. The summed E-state index contributed by atoms with van der Waals surface area (Å²) in [4.78, 5) is 12.2. The van der Waals surface area contributed by atoms with Crippen LogP contribution in [-0.4, -0.2) is 28.7 Å². The molecule has 0 bridgehead atoms. The van der Waals surface area contributed by atoms with E-state index in [0.29, 0.717) is 18.2 Å². The molecule has 1 heterocycles. The molecule has 3 rings (SSSR count). The molecule has 0 radical (unpaired) electrons. The average molecular weight is 347 g/mol. The van der Waals surface area contributed by atoms with Gasteiger partial charge >= 0.3 is 0 Å². The van der Waals surface area contributed by atoms with Gasteiger partial charge in [0, 0.05) is 17.3 Å². The van der Waals surface area contributed by atoms with E-state index in [1.165, 1.54) is 0 Å². The second kappa shape index (κ2) is 7.45. The van der Waals surface area contributed by atoms with Crippen LogP contribution in [0.4, 0.5) is 0 Å². The summed E-state index contributed by atoms with van der Waals surface area (Å²) in [6.45, 7) is 0.650. The van der Waals surface area contributed by atoms with E-state index < -0.39 is 0 Å². The van der Waals surface area contributed by atoms with Gasteiger partial charge in [-0.15, -0.1) is 5.10 Å². The second-order valence-corrected chi connectivity index (χ2v) is 7.22. The normalized spacial score (nSPS) is 29.8. The number of nitrogens with one attached hydrogen (secondary N) is 1. The Labute approximate surface area is 147 Å². The highest BCUT2D eigenvalue weighted by Gasteiger charge is 2.40. The molecule has 128 valence electrons.